The molecule has 1 amide bonds. The molecule has 1 spiro atoms. The Balaban J connectivity index is 1.25. The van der Waals surface area contributed by atoms with Crippen molar-refractivity contribution in [3.63, 3.8) is 0 Å². The Hall–Kier alpha value is -3.71. The molecule has 0 radical (unpaired) electrons. The van der Waals surface area contributed by atoms with Crippen molar-refractivity contribution >= 4 is 11.7 Å². The van der Waals surface area contributed by atoms with Crippen LogP contribution in [0.5, 0.6) is 11.5 Å². The van der Waals surface area contributed by atoms with Crippen LogP contribution in [0.2, 0.25) is 0 Å². The third-order valence-electron chi connectivity index (χ3n) is 8.09. The van der Waals surface area contributed by atoms with Crippen LogP contribution in [0.4, 0.5) is 4.39 Å². The molecule has 2 atom stereocenters. The quantitative estimate of drug-likeness (QED) is 0.334. The summed E-state index contributed by atoms with van der Waals surface area (Å²) in [5.41, 5.74) is 1.77. The van der Waals surface area contributed by atoms with Gasteiger partial charge in [0.1, 0.15) is 13.2 Å². The van der Waals surface area contributed by atoms with E-state index in [-0.39, 0.29) is 41.9 Å². The second-order valence-corrected chi connectivity index (χ2v) is 10.1. The molecule has 0 N–H and O–H groups in total. The van der Waals surface area contributed by atoms with E-state index in [1.165, 1.54) is 6.07 Å². The Bertz CT molecular complexity index is 1320. The van der Waals surface area contributed by atoms with Gasteiger partial charge in [0.25, 0.3) is 11.7 Å². The molecule has 2 unspecified atom stereocenters. The van der Waals surface area contributed by atoms with Crippen molar-refractivity contribution in [3.05, 3.63) is 95.3 Å². The lowest BCUT2D eigenvalue weighted by molar-refractivity contribution is -0.128. The normalized spacial score (nSPS) is 22.2. The van der Waals surface area contributed by atoms with Crippen molar-refractivity contribution in [1.82, 2.24) is 9.80 Å². The second kappa shape index (κ2) is 9.63. The van der Waals surface area contributed by atoms with Crippen molar-refractivity contribution < 1.29 is 23.5 Å². The molecule has 3 heterocycles. The van der Waals surface area contributed by atoms with Crippen molar-refractivity contribution in [2.24, 2.45) is 0 Å². The molecule has 0 saturated carbocycles. The molecule has 190 valence electrons. The maximum absolute atomic E-state index is 15.4. The summed E-state index contributed by atoms with van der Waals surface area (Å²) in [7, 11) is 0. The number of carbonyl (C=O) groups is 2. The second-order valence-electron chi connectivity index (χ2n) is 10.1. The SMILES string of the molecule is O=C(C(=O)N1CCC23CCN2CCC13)c1cc(F)c(OCc2ccccc2)c(OCc2ccccc2)c1. The van der Waals surface area contributed by atoms with E-state index in [0.29, 0.717) is 6.54 Å². The zero-order chi connectivity index (χ0) is 25.4. The summed E-state index contributed by atoms with van der Waals surface area (Å²) < 4.78 is 27.2. The number of carbonyl (C=O) groups excluding carboxylic acids is 2. The highest BCUT2D eigenvalue weighted by atomic mass is 19.1. The first kappa shape index (κ1) is 23.7. The number of hydrogen-bond donors (Lipinski definition) is 0. The minimum atomic E-state index is -0.735. The predicted molar refractivity (Wildman–Crippen MR) is 136 cm³/mol. The molecule has 3 saturated heterocycles. The maximum Gasteiger partial charge on any atom is 0.295 e. The summed E-state index contributed by atoms with van der Waals surface area (Å²) in [6.45, 7) is 2.89. The van der Waals surface area contributed by atoms with E-state index in [9.17, 15) is 9.59 Å². The van der Waals surface area contributed by atoms with Gasteiger partial charge in [0.2, 0.25) is 0 Å². The molecule has 7 heteroatoms. The molecule has 6 nitrogen and oxygen atoms in total. The summed E-state index contributed by atoms with van der Waals surface area (Å²) in [5.74, 6) is -2.00. The average Bonchev–Trinajstić information content (AvgIpc) is 3.43. The van der Waals surface area contributed by atoms with Crippen LogP contribution in [-0.4, -0.2) is 52.7 Å². The Morgan fingerprint density at radius 2 is 1.51 bits per heavy atom. The van der Waals surface area contributed by atoms with E-state index in [4.69, 9.17) is 9.47 Å². The van der Waals surface area contributed by atoms with Crippen LogP contribution in [0, 0.1) is 5.82 Å². The van der Waals surface area contributed by atoms with Gasteiger partial charge in [-0.25, -0.2) is 4.39 Å². The lowest BCUT2D eigenvalue weighted by Crippen LogP contribution is -2.60. The van der Waals surface area contributed by atoms with Gasteiger partial charge in [0, 0.05) is 30.7 Å². The first-order valence-electron chi connectivity index (χ1n) is 12.8. The number of ether oxygens (including phenoxy) is 2. The van der Waals surface area contributed by atoms with Gasteiger partial charge in [0.05, 0.1) is 6.04 Å². The van der Waals surface area contributed by atoms with Gasteiger partial charge >= 0.3 is 0 Å². The first-order valence-corrected chi connectivity index (χ1v) is 12.8. The topological polar surface area (TPSA) is 59.1 Å². The van der Waals surface area contributed by atoms with E-state index in [1.807, 2.05) is 60.7 Å². The minimum Gasteiger partial charge on any atom is -0.485 e. The number of rotatable bonds is 8. The lowest BCUT2D eigenvalue weighted by atomic mass is 9.81. The Kier molecular flexibility index (Phi) is 6.16. The number of Topliss-reactive ketones (excluding diaryl/α,β-unsaturated/α-hetero) is 1. The van der Waals surface area contributed by atoms with Crippen LogP contribution >= 0.6 is 0 Å². The van der Waals surface area contributed by atoms with Gasteiger partial charge < -0.3 is 14.4 Å². The third-order valence-corrected chi connectivity index (χ3v) is 8.09. The van der Waals surface area contributed by atoms with E-state index in [2.05, 4.69) is 4.90 Å². The molecule has 37 heavy (non-hydrogen) atoms. The molecule has 3 aromatic carbocycles. The number of hydrogen-bond acceptors (Lipinski definition) is 5. The maximum atomic E-state index is 15.4. The molecule has 6 rings (SSSR count). The van der Waals surface area contributed by atoms with Crippen LogP contribution in [0.1, 0.15) is 40.7 Å². The Morgan fingerprint density at radius 3 is 2.16 bits per heavy atom. The molecular weight excluding hydrogens is 471 g/mol. The van der Waals surface area contributed by atoms with Crippen molar-refractivity contribution in [1.29, 1.82) is 0 Å². The van der Waals surface area contributed by atoms with Crippen LogP contribution in [0.25, 0.3) is 0 Å². The minimum absolute atomic E-state index is 0.0259. The number of halogens is 1. The highest BCUT2D eigenvalue weighted by molar-refractivity contribution is 6.43. The molecule has 0 aliphatic carbocycles. The van der Waals surface area contributed by atoms with Gasteiger partial charge in [-0.3, -0.25) is 14.5 Å². The smallest absolute Gasteiger partial charge is 0.295 e. The Labute approximate surface area is 215 Å². The van der Waals surface area contributed by atoms with Gasteiger partial charge in [-0.15, -0.1) is 0 Å². The Morgan fingerprint density at radius 1 is 0.865 bits per heavy atom. The van der Waals surface area contributed by atoms with Gasteiger partial charge in [-0.1, -0.05) is 60.7 Å². The van der Waals surface area contributed by atoms with E-state index in [1.54, 1.807) is 4.90 Å². The van der Waals surface area contributed by atoms with E-state index >= 15 is 4.39 Å². The van der Waals surface area contributed by atoms with E-state index < -0.39 is 17.5 Å². The largest absolute Gasteiger partial charge is 0.485 e. The van der Waals surface area contributed by atoms with Crippen LogP contribution < -0.4 is 9.47 Å². The highest BCUT2D eigenvalue weighted by Gasteiger charge is 2.60. The molecule has 3 aliphatic rings. The highest BCUT2D eigenvalue weighted by Crippen LogP contribution is 2.49. The summed E-state index contributed by atoms with van der Waals surface area (Å²) >= 11 is 0. The molecule has 3 aliphatic heterocycles. The predicted octanol–water partition coefficient (Wildman–Crippen LogP) is 4.62. The van der Waals surface area contributed by atoms with Crippen molar-refractivity contribution in [3.8, 4) is 11.5 Å². The summed E-state index contributed by atoms with van der Waals surface area (Å²) in [5, 5.41) is 0. The van der Waals surface area contributed by atoms with Crippen LogP contribution in [0.3, 0.4) is 0 Å². The standard InChI is InChI=1S/C30H29FN2O4/c31-24-17-23(27(34)29(35)33-16-13-30-12-15-32(30)14-11-26(30)33)18-25(36-19-21-7-3-1-4-8-21)28(24)37-20-22-9-5-2-6-10-22/h1-10,17-18,26H,11-16,19-20H2. The molecule has 3 aromatic rings. The summed E-state index contributed by atoms with van der Waals surface area (Å²) in [4.78, 5) is 30.8. The van der Waals surface area contributed by atoms with Gasteiger partial charge in [0.15, 0.2) is 17.3 Å². The monoisotopic (exact) mass is 500 g/mol. The molecule has 0 aromatic heterocycles. The fraction of sp³-hybridized carbons (Fsp3) is 0.333. The summed E-state index contributed by atoms with van der Waals surface area (Å²) in [6, 6.07) is 21.5. The number of amides is 1. The first-order chi connectivity index (χ1) is 18.0. The molecule has 0 bridgehead atoms. The third kappa shape index (κ3) is 4.27. The van der Waals surface area contributed by atoms with Crippen molar-refractivity contribution in [2.45, 2.75) is 44.1 Å². The zero-order valence-corrected chi connectivity index (χ0v) is 20.6. The lowest BCUT2D eigenvalue weighted by Gasteiger charge is -2.48. The van der Waals surface area contributed by atoms with Crippen LogP contribution in [-0.2, 0) is 18.0 Å². The van der Waals surface area contributed by atoms with Gasteiger partial charge in [-0.2, -0.15) is 0 Å². The number of ketones is 1. The molecular formula is C30H29FN2O4. The van der Waals surface area contributed by atoms with Crippen molar-refractivity contribution in [2.75, 3.05) is 19.6 Å². The average molecular weight is 501 g/mol. The fourth-order valence-corrected chi connectivity index (χ4v) is 6.09. The number of nitrogens with zero attached hydrogens (tertiary/aromatic N) is 2. The van der Waals surface area contributed by atoms with Crippen LogP contribution in [0.15, 0.2) is 72.8 Å². The fourth-order valence-electron chi connectivity index (χ4n) is 6.09. The van der Waals surface area contributed by atoms with E-state index in [0.717, 1.165) is 49.5 Å². The summed E-state index contributed by atoms with van der Waals surface area (Å²) in [6.07, 6.45) is 2.84. The number of likely N-dealkylation sites (tertiary alicyclic amines) is 1. The molecule has 3 fully saturated rings. The van der Waals surface area contributed by atoms with Gasteiger partial charge in [-0.05, 0) is 42.5 Å². The zero-order valence-electron chi connectivity index (χ0n) is 20.6. The number of benzene rings is 3.